The number of aromatic nitrogens is 2. The van der Waals surface area contributed by atoms with Crippen LogP contribution in [0.2, 0.25) is 0 Å². The summed E-state index contributed by atoms with van der Waals surface area (Å²) in [6.07, 6.45) is 8.77. The van der Waals surface area contributed by atoms with Crippen molar-refractivity contribution in [2.75, 3.05) is 13.2 Å². The summed E-state index contributed by atoms with van der Waals surface area (Å²) in [4.78, 5) is 11.8. The maximum atomic E-state index is 11.8. The zero-order valence-electron chi connectivity index (χ0n) is 12.3. The second-order valence-corrected chi connectivity index (χ2v) is 5.03. The van der Waals surface area contributed by atoms with Gasteiger partial charge in [-0.05, 0) is 39.2 Å². The van der Waals surface area contributed by atoms with Crippen molar-refractivity contribution in [1.29, 1.82) is 0 Å². The van der Waals surface area contributed by atoms with Gasteiger partial charge < -0.3 is 10.1 Å². The van der Waals surface area contributed by atoms with Crippen molar-refractivity contribution < 1.29 is 9.53 Å². The zero-order chi connectivity index (χ0) is 14.4. The minimum Gasteiger partial charge on any atom is -0.462 e. The molecule has 20 heavy (non-hydrogen) atoms. The minimum absolute atomic E-state index is 0.295. The first-order valence-electron chi connectivity index (χ1n) is 7.29. The molecule has 0 spiro atoms. The first-order chi connectivity index (χ1) is 9.72. The average Bonchev–Trinajstić information content (AvgIpc) is 3.05. The van der Waals surface area contributed by atoms with E-state index < -0.39 is 0 Å². The number of esters is 1. The van der Waals surface area contributed by atoms with Gasteiger partial charge in [0, 0.05) is 13.6 Å². The molecule has 5 nitrogen and oxygen atoms in total. The average molecular weight is 277 g/mol. The van der Waals surface area contributed by atoms with E-state index in [0.29, 0.717) is 18.7 Å². The highest BCUT2D eigenvalue weighted by atomic mass is 16.5. The first-order valence-corrected chi connectivity index (χ1v) is 7.29. The Morgan fingerprint density at radius 1 is 1.55 bits per heavy atom. The molecular formula is C15H23N3O2. The molecule has 1 aromatic rings. The van der Waals surface area contributed by atoms with E-state index in [0.717, 1.165) is 18.7 Å². The van der Waals surface area contributed by atoms with E-state index in [1.807, 2.05) is 14.0 Å². The zero-order valence-corrected chi connectivity index (χ0v) is 12.3. The maximum Gasteiger partial charge on any atom is 0.341 e. The molecule has 0 fully saturated rings. The summed E-state index contributed by atoms with van der Waals surface area (Å²) in [6, 6.07) is 0. The number of carbonyl (C=O) groups is 1. The molecule has 1 aromatic heterocycles. The van der Waals surface area contributed by atoms with E-state index in [-0.39, 0.29) is 5.97 Å². The molecule has 0 atom stereocenters. The molecule has 0 saturated heterocycles. The Balaban J connectivity index is 1.85. The van der Waals surface area contributed by atoms with Crippen LogP contribution in [0, 0.1) is 0 Å². The number of rotatable bonds is 7. The van der Waals surface area contributed by atoms with Gasteiger partial charge in [-0.25, -0.2) is 4.79 Å². The predicted molar refractivity (Wildman–Crippen MR) is 77.4 cm³/mol. The summed E-state index contributed by atoms with van der Waals surface area (Å²) in [6.45, 7) is 3.76. The molecule has 1 heterocycles. The van der Waals surface area contributed by atoms with Crippen LogP contribution in [-0.4, -0.2) is 28.9 Å². The number of carbonyl (C=O) groups excluding carboxylic acids is 1. The molecule has 1 N–H and O–H groups in total. The lowest BCUT2D eigenvalue weighted by atomic mass is 10.1. The molecule has 0 amide bonds. The van der Waals surface area contributed by atoms with E-state index in [1.54, 1.807) is 16.5 Å². The third kappa shape index (κ3) is 3.70. The minimum atomic E-state index is -0.295. The summed E-state index contributed by atoms with van der Waals surface area (Å²) >= 11 is 0. The van der Waals surface area contributed by atoms with Gasteiger partial charge in [0.15, 0.2) is 0 Å². The van der Waals surface area contributed by atoms with Gasteiger partial charge in [-0.3, -0.25) is 4.68 Å². The highest BCUT2D eigenvalue weighted by molar-refractivity contribution is 5.90. The third-order valence-corrected chi connectivity index (χ3v) is 3.61. The number of nitrogens with zero attached hydrogens (tertiary/aromatic N) is 2. The summed E-state index contributed by atoms with van der Waals surface area (Å²) in [5.41, 5.74) is 2.99. The number of hydrogen-bond donors (Lipinski definition) is 1. The lowest BCUT2D eigenvalue weighted by molar-refractivity contribution is 0.0524. The lowest BCUT2D eigenvalue weighted by Crippen LogP contribution is -2.20. The molecule has 2 rings (SSSR count). The molecule has 0 saturated carbocycles. The van der Waals surface area contributed by atoms with Crippen LogP contribution < -0.4 is 5.32 Å². The quantitative estimate of drug-likeness (QED) is 0.471. The molecule has 0 unspecified atom stereocenters. The number of hydrogen-bond acceptors (Lipinski definition) is 4. The second kappa shape index (κ2) is 7.24. The van der Waals surface area contributed by atoms with E-state index in [4.69, 9.17) is 4.74 Å². The fraction of sp³-hybridized carbons (Fsp3) is 0.600. The van der Waals surface area contributed by atoms with Crippen molar-refractivity contribution in [3.8, 4) is 0 Å². The Hall–Kier alpha value is -1.62. The smallest absolute Gasteiger partial charge is 0.341 e. The van der Waals surface area contributed by atoms with Crippen molar-refractivity contribution in [2.24, 2.45) is 7.05 Å². The van der Waals surface area contributed by atoms with Gasteiger partial charge in [0.2, 0.25) is 0 Å². The van der Waals surface area contributed by atoms with Gasteiger partial charge in [-0.1, -0.05) is 11.6 Å². The Kier molecular flexibility index (Phi) is 5.35. The molecule has 0 aromatic carbocycles. The fourth-order valence-electron chi connectivity index (χ4n) is 2.47. The van der Waals surface area contributed by atoms with Crippen molar-refractivity contribution in [3.63, 3.8) is 0 Å². The van der Waals surface area contributed by atoms with Crippen molar-refractivity contribution in [1.82, 2.24) is 15.1 Å². The number of allylic oxidation sites excluding steroid dienone is 1. The number of nitrogens with one attached hydrogen (secondary N) is 1. The van der Waals surface area contributed by atoms with Gasteiger partial charge in [-0.2, -0.15) is 5.10 Å². The first kappa shape index (κ1) is 14.8. The molecule has 1 aliphatic carbocycles. The summed E-state index contributed by atoms with van der Waals surface area (Å²) in [5, 5.41) is 7.52. The van der Waals surface area contributed by atoms with Crippen LogP contribution in [0.1, 0.15) is 48.7 Å². The van der Waals surface area contributed by atoms with Crippen LogP contribution in [-0.2, 0) is 18.3 Å². The molecule has 0 aliphatic heterocycles. The van der Waals surface area contributed by atoms with Crippen LogP contribution in [0.4, 0.5) is 0 Å². The fourth-order valence-corrected chi connectivity index (χ4v) is 2.47. The van der Waals surface area contributed by atoms with E-state index in [2.05, 4.69) is 16.5 Å². The van der Waals surface area contributed by atoms with Crippen LogP contribution in [0.3, 0.4) is 0 Å². The van der Waals surface area contributed by atoms with Gasteiger partial charge in [-0.15, -0.1) is 0 Å². The molecule has 1 aliphatic rings. The standard InChI is InChI=1S/C15H23N3O2/c1-3-20-15(19)13-10-17-18(2)14(13)11-16-9-8-12-6-4-5-7-12/h6,10,16H,3-5,7-9,11H2,1-2H3. The normalized spacial score (nSPS) is 14.4. The van der Waals surface area contributed by atoms with Gasteiger partial charge in [0.05, 0.1) is 18.5 Å². The Morgan fingerprint density at radius 2 is 2.40 bits per heavy atom. The van der Waals surface area contributed by atoms with Crippen LogP contribution in [0.15, 0.2) is 17.8 Å². The van der Waals surface area contributed by atoms with Crippen molar-refractivity contribution >= 4 is 5.97 Å². The summed E-state index contributed by atoms with van der Waals surface area (Å²) < 4.78 is 6.77. The van der Waals surface area contributed by atoms with Gasteiger partial charge in [0.1, 0.15) is 5.56 Å². The maximum absolute atomic E-state index is 11.8. The SMILES string of the molecule is CCOC(=O)c1cnn(C)c1CNCCC1=CCCC1. The molecule has 110 valence electrons. The Bertz CT molecular complexity index is 491. The number of aryl methyl sites for hydroxylation is 1. The van der Waals surface area contributed by atoms with Crippen LogP contribution in [0.25, 0.3) is 0 Å². The molecule has 5 heteroatoms. The molecule has 0 radical (unpaired) electrons. The Labute approximate surface area is 120 Å². The second-order valence-electron chi connectivity index (χ2n) is 5.03. The van der Waals surface area contributed by atoms with Crippen LogP contribution in [0.5, 0.6) is 0 Å². The predicted octanol–water partition coefficient (Wildman–Crippen LogP) is 2.19. The largest absolute Gasteiger partial charge is 0.462 e. The highest BCUT2D eigenvalue weighted by Crippen LogP contribution is 2.19. The monoisotopic (exact) mass is 277 g/mol. The summed E-state index contributed by atoms with van der Waals surface area (Å²) in [7, 11) is 1.85. The Morgan fingerprint density at radius 3 is 3.10 bits per heavy atom. The van der Waals surface area contributed by atoms with E-state index in [1.165, 1.54) is 19.3 Å². The van der Waals surface area contributed by atoms with Crippen molar-refractivity contribution in [3.05, 3.63) is 29.1 Å². The third-order valence-electron chi connectivity index (χ3n) is 3.61. The van der Waals surface area contributed by atoms with Gasteiger partial charge in [0.25, 0.3) is 0 Å². The highest BCUT2D eigenvalue weighted by Gasteiger charge is 2.16. The molecule has 0 bridgehead atoms. The summed E-state index contributed by atoms with van der Waals surface area (Å²) in [5.74, 6) is -0.295. The lowest BCUT2D eigenvalue weighted by Gasteiger charge is -2.08. The van der Waals surface area contributed by atoms with Crippen molar-refractivity contribution in [2.45, 2.75) is 39.2 Å². The topological polar surface area (TPSA) is 56.1 Å². The van der Waals surface area contributed by atoms with Gasteiger partial charge >= 0.3 is 5.97 Å². The number of ether oxygens (including phenoxy) is 1. The van der Waals surface area contributed by atoms with E-state index in [9.17, 15) is 4.79 Å². The molecular weight excluding hydrogens is 254 g/mol. The van der Waals surface area contributed by atoms with Crippen LogP contribution >= 0.6 is 0 Å². The van der Waals surface area contributed by atoms with E-state index >= 15 is 0 Å².